The summed E-state index contributed by atoms with van der Waals surface area (Å²) in [5.41, 5.74) is 2.32. The van der Waals surface area contributed by atoms with Gasteiger partial charge in [0.2, 0.25) is 10.0 Å². The summed E-state index contributed by atoms with van der Waals surface area (Å²) < 4.78 is 54.8. The van der Waals surface area contributed by atoms with Crippen LogP contribution in [-0.4, -0.2) is 32.7 Å². The minimum absolute atomic E-state index is 0.0406. The minimum atomic E-state index is -3.89. The zero-order chi connectivity index (χ0) is 22.9. The van der Waals surface area contributed by atoms with Crippen LogP contribution in [0, 0.1) is 6.92 Å². The van der Waals surface area contributed by atoms with Gasteiger partial charge in [-0.1, -0.05) is 36.4 Å². The van der Waals surface area contributed by atoms with Gasteiger partial charge in [-0.2, -0.15) is 17.9 Å². The van der Waals surface area contributed by atoms with E-state index in [1.165, 1.54) is 15.8 Å². The van der Waals surface area contributed by atoms with E-state index in [0.29, 0.717) is 28.9 Å². The molecule has 4 rings (SSSR count). The summed E-state index contributed by atoms with van der Waals surface area (Å²) in [4.78, 5) is 1.11. The number of hydrogen-bond acceptors (Lipinski definition) is 6. The van der Waals surface area contributed by atoms with Crippen LogP contribution in [0.15, 0.2) is 76.0 Å². The van der Waals surface area contributed by atoms with E-state index in [0.717, 1.165) is 4.88 Å². The van der Waals surface area contributed by atoms with Crippen molar-refractivity contribution in [1.82, 2.24) is 4.41 Å². The molecule has 0 unspecified atom stereocenters. The molecule has 10 heteroatoms. The second kappa shape index (κ2) is 8.68. The van der Waals surface area contributed by atoms with E-state index in [-0.39, 0.29) is 10.6 Å². The molecule has 0 saturated carbocycles. The predicted molar refractivity (Wildman–Crippen MR) is 128 cm³/mol. The van der Waals surface area contributed by atoms with Crippen molar-refractivity contribution in [3.05, 3.63) is 82.0 Å². The highest BCUT2D eigenvalue weighted by Crippen LogP contribution is 2.39. The van der Waals surface area contributed by atoms with Crippen molar-refractivity contribution in [1.29, 1.82) is 0 Å². The van der Waals surface area contributed by atoms with Gasteiger partial charge < -0.3 is 0 Å². The van der Waals surface area contributed by atoms with Gasteiger partial charge in [-0.05, 0) is 54.6 Å². The molecule has 0 bridgehead atoms. The Balaban J connectivity index is 1.76. The molecule has 0 aliphatic carbocycles. The van der Waals surface area contributed by atoms with E-state index in [9.17, 15) is 16.8 Å². The van der Waals surface area contributed by atoms with Crippen molar-refractivity contribution in [2.75, 3.05) is 10.5 Å². The first-order valence-electron chi connectivity index (χ1n) is 10.0. The lowest BCUT2D eigenvalue weighted by Crippen LogP contribution is -2.27. The maximum Gasteiger partial charge on any atom is 0.279 e. The number of hydrogen-bond donors (Lipinski definition) is 1. The number of sulfonamides is 2. The Kier molecular flexibility index (Phi) is 6.11. The number of nitrogens with one attached hydrogen (secondary N) is 1. The van der Waals surface area contributed by atoms with Gasteiger partial charge in [0.25, 0.3) is 10.0 Å². The van der Waals surface area contributed by atoms with Crippen LogP contribution in [0.1, 0.15) is 35.4 Å². The Morgan fingerprint density at radius 2 is 1.84 bits per heavy atom. The van der Waals surface area contributed by atoms with Gasteiger partial charge in [-0.25, -0.2) is 8.42 Å². The number of thiophene rings is 1. The Morgan fingerprint density at radius 1 is 1.06 bits per heavy atom. The normalized spacial score (nSPS) is 16.8. The Bertz CT molecular complexity index is 1360. The molecule has 0 amide bonds. The van der Waals surface area contributed by atoms with E-state index in [1.807, 2.05) is 17.5 Å². The van der Waals surface area contributed by atoms with Crippen LogP contribution in [0.4, 0.5) is 5.69 Å². The average Bonchev–Trinajstić information content (AvgIpc) is 3.44. The lowest BCUT2D eigenvalue weighted by atomic mass is 10.0. The van der Waals surface area contributed by atoms with Crippen molar-refractivity contribution < 1.29 is 16.8 Å². The van der Waals surface area contributed by atoms with Gasteiger partial charge in [0.05, 0.1) is 16.4 Å². The van der Waals surface area contributed by atoms with E-state index >= 15 is 0 Å². The number of rotatable bonds is 7. The topological polar surface area (TPSA) is 95.9 Å². The predicted octanol–water partition coefficient (Wildman–Crippen LogP) is 4.36. The molecule has 0 spiro atoms. The molecule has 7 nitrogen and oxygen atoms in total. The largest absolute Gasteiger partial charge is 0.284 e. The number of hydrazone groups is 1. The van der Waals surface area contributed by atoms with Gasteiger partial charge in [-0.3, -0.25) is 4.72 Å². The van der Waals surface area contributed by atoms with Crippen LogP contribution in [0.2, 0.25) is 0 Å². The Labute approximate surface area is 192 Å². The second-order valence-electron chi connectivity index (χ2n) is 7.41. The summed E-state index contributed by atoms with van der Waals surface area (Å²) in [5.74, 6) is -0.0406. The van der Waals surface area contributed by atoms with Gasteiger partial charge in [0.1, 0.15) is 6.04 Å². The standard InChI is InChI=1S/C22H23N3O4S3/c1-3-31(26,27)24-18-10-6-9-17(14-18)19-15-20(21-11-7-13-30-21)25(23-19)32(28,29)22-12-5-4-8-16(22)2/h4-14,20,24H,3,15H2,1-2H3/t20-/m1/s1. The third kappa shape index (κ3) is 4.43. The van der Waals surface area contributed by atoms with E-state index in [1.54, 1.807) is 62.4 Å². The molecule has 0 radical (unpaired) electrons. The zero-order valence-electron chi connectivity index (χ0n) is 17.6. The molecule has 2 aromatic carbocycles. The first-order valence-corrected chi connectivity index (χ1v) is 14.0. The monoisotopic (exact) mass is 489 g/mol. The summed E-state index contributed by atoms with van der Waals surface area (Å²) in [6.07, 6.45) is 0.385. The molecule has 1 aromatic heterocycles. The van der Waals surface area contributed by atoms with Gasteiger partial charge in [0, 0.05) is 17.0 Å². The van der Waals surface area contributed by atoms with Crippen molar-refractivity contribution in [2.24, 2.45) is 5.10 Å². The summed E-state index contributed by atoms with van der Waals surface area (Å²) in [6.45, 7) is 3.32. The summed E-state index contributed by atoms with van der Waals surface area (Å²) in [6, 6.07) is 17.0. The maximum absolute atomic E-state index is 13.6. The zero-order valence-corrected chi connectivity index (χ0v) is 20.0. The van der Waals surface area contributed by atoms with Crippen molar-refractivity contribution in [3.63, 3.8) is 0 Å². The van der Waals surface area contributed by atoms with Crippen molar-refractivity contribution >= 4 is 42.8 Å². The fourth-order valence-electron chi connectivity index (χ4n) is 3.54. The van der Waals surface area contributed by atoms with E-state index < -0.39 is 26.1 Å². The number of anilines is 1. The first-order chi connectivity index (χ1) is 15.2. The molecule has 168 valence electrons. The number of aryl methyl sites for hydroxylation is 1. The highest BCUT2D eigenvalue weighted by atomic mass is 32.2. The summed E-state index contributed by atoms with van der Waals surface area (Å²) in [5, 5.41) is 6.44. The quantitative estimate of drug-likeness (QED) is 0.533. The molecule has 1 atom stereocenters. The summed E-state index contributed by atoms with van der Waals surface area (Å²) in [7, 11) is -7.32. The number of benzene rings is 2. The maximum atomic E-state index is 13.6. The molecule has 1 N–H and O–H groups in total. The lowest BCUT2D eigenvalue weighted by Gasteiger charge is -2.23. The van der Waals surface area contributed by atoms with E-state index in [2.05, 4.69) is 9.82 Å². The Morgan fingerprint density at radius 3 is 2.53 bits per heavy atom. The number of nitrogens with zero attached hydrogens (tertiary/aromatic N) is 2. The Hall–Kier alpha value is -2.69. The molecule has 32 heavy (non-hydrogen) atoms. The van der Waals surface area contributed by atoms with Crippen LogP contribution < -0.4 is 4.72 Å². The van der Waals surface area contributed by atoms with Crippen LogP contribution >= 0.6 is 11.3 Å². The highest BCUT2D eigenvalue weighted by molar-refractivity contribution is 7.92. The van der Waals surface area contributed by atoms with Crippen molar-refractivity contribution in [3.8, 4) is 0 Å². The first kappa shape index (κ1) is 22.5. The van der Waals surface area contributed by atoms with Gasteiger partial charge in [-0.15, -0.1) is 11.3 Å². The third-order valence-electron chi connectivity index (χ3n) is 5.21. The lowest BCUT2D eigenvalue weighted by molar-refractivity contribution is 0.375. The summed E-state index contributed by atoms with van der Waals surface area (Å²) >= 11 is 1.48. The highest BCUT2D eigenvalue weighted by Gasteiger charge is 2.38. The minimum Gasteiger partial charge on any atom is -0.284 e. The molecule has 2 heterocycles. The third-order valence-corrected chi connectivity index (χ3v) is 9.33. The molecular weight excluding hydrogens is 466 g/mol. The molecule has 1 aliphatic heterocycles. The van der Waals surface area contributed by atoms with Crippen LogP contribution in [-0.2, 0) is 20.0 Å². The van der Waals surface area contributed by atoms with Crippen molar-refractivity contribution in [2.45, 2.75) is 31.2 Å². The van der Waals surface area contributed by atoms with E-state index in [4.69, 9.17) is 0 Å². The fraction of sp³-hybridized carbons (Fsp3) is 0.227. The second-order valence-corrected chi connectivity index (χ2v) is 12.2. The van der Waals surface area contributed by atoms with Crippen LogP contribution in [0.3, 0.4) is 0 Å². The van der Waals surface area contributed by atoms with Crippen LogP contribution in [0.25, 0.3) is 0 Å². The molecular formula is C22H23N3O4S3. The average molecular weight is 490 g/mol. The SMILES string of the molecule is CCS(=O)(=O)Nc1cccc(C2=NN(S(=O)(=O)c3ccccc3C)[C@@H](c3cccs3)C2)c1. The van der Waals surface area contributed by atoms with Gasteiger partial charge in [0.15, 0.2) is 0 Å². The molecule has 0 saturated heterocycles. The fourth-order valence-corrected chi connectivity index (χ4v) is 6.70. The molecule has 0 fully saturated rings. The van der Waals surface area contributed by atoms with Crippen LogP contribution in [0.5, 0.6) is 0 Å². The van der Waals surface area contributed by atoms with Gasteiger partial charge >= 0.3 is 0 Å². The molecule has 1 aliphatic rings. The molecule has 3 aromatic rings. The smallest absolute Gasteiger partial charge is 0.279 e.